The van der Waals surface area contributed by atoms with E-state index in [1.165, 1.54) is 0 Å². The number of nitrogens with zero attached hydrogens (tertiary/aromatic N) is 3. The lowest BCUT2D eigenvalue weighted by Gasteiger charge is -2.38. The highest BCUT2D eigenvalue weighted by Gasteiger charge is 2.25. The van der Waals surface area contributed by atoms with Crippen molar-refractivity contribution in [2.45, 2.75) is 19.9 Å². The van der Waals surface area contributed by atoms with Gasteiger partial charge in [0.2, 0.25) is 0 Å². The van der Waals surface area contributed by atoms with Crippen molar-refractivity contribution in [3.8, 4) is 0 Å². The molecule has 19 heavy (non-hydrogen) atoms. The number of nitrogens with two attached hydrogens (primary N) is 1. The third kappa shape index (κ3) is 2.26. The Bertz CT molecular complexity index is 580. The van der Waals surface area contributed by atoms with E-state index in [4.69, 9.17) is 10.2 Å². The quantitative estimate of drug-likeness (QED) is 0.836. The predicted octanol–water partition coefficient (Wildman–Crippen LogP) is 1.94. The first-order valence-corrected chi connectivity index (χ1v) is 6.82. The maximum absolute atomic E-state index is 5.82. The van der Waals surface area contributed by atoms with Crippen molar-refractivity contribution in [2.24, 2.45) is 0 Å². The molecule has 1 aliphatic heterocycles. The first-order chi connectivity index (χ1) is 9.17. The molecule has 0 radical (unpaired) electrons. The normalized spacial score (nSPS) is 21.2. The van der Waals surface area contributed by atoms with Crippen LogP contribution < -0.4 is 10.6 Å². The van der Waals surface area contributed by atoms with Crippen LogP contribution in [0.1, 0.15) is 13.8 Å². The highest BCUT2D eigenvalue weighted by molar-refractivity contribution is 5.78. The van der Waals surface area contributed by atoms with Crippen LogP contribution in [0.5, 0.6) is 0 Å². The average Bonchev–Trinajstić information content (AvgIpc) is 2.81. The van der Waals surface area contributed by atoms with Gasteiger partial charge in [-0.2, -0.15) is 4.98 Å². The molecule has 1 atom stereocenters. The van der Waals surface area contributed by atoms with E-state index < -0.39 is 0 Å². The predicted molar refractivity (Wildman–Crippen MR) is 77.3 cm³/mol. The lowest BCUT2D eigenvalue weighted by atomic mass is 10.2. The fourth-order valence-corrected chi connectivity index (χ4v) is 2.70. The summed E-state index contributed by atoms with van der Waals surface area (Å²) >= 11 is 0. The first kappa shape index (κ1) is 12.3. The molecule has 1 unspecified atom stereocenters. The molecule has 5 nitrogen and oxygen atoms in total. The zero-order chi connectivity index (χ0) is 13.4. The maximum atomic E-state index is 5.82. The zero-order valence-corrected chi connectivity index (χ0v) is 11.5. The summed E-state index contributed by atoms with van der Waals surface area (Å²) in [5, 5.41) is 0. The van der Waals surface area contributed by atoms with Gasteiger partial charge < -0.3 is 15.1 Å². The standard InChI is InChI=1S/C14H20N4O/c1-3-17-6-7-18(9-10(17)2)14-16-12-5-4-11(15)8-13(12)19-14/h4-5,8,10H,3,6-7,9,15H2,1-2H3. The second-order valence-electron chi connectivity index (χ2n) is 5.15. The van der Waals surface area contributed by atoms with E-state index in [0.717, 1.165) is 37.3 Å². The molecule has 0 amide bonds. The molecule has 1 aliphatic rings. The van der Waals surface area contributed by atoms with Gasteiger partial charge in [0.15, 0.2) is 5.58 Å². The Balaban J connectivity index is 1.84. The molecule has 102 valence electrons. The highest BCUT2D eigenvalue weighted by atomic mass is 16.4. The molecule has 1 aromatic carbocycles. The molecule has 0 spiro atoms. The lowest BCUT2D eigenvalue weighted by Crippen LogP contribution is -2.51. The van der Waals surface area contributed by atoms with E-state index in [1.54, 1.807) is 0 Å². The van der Waals surface area contributed by atoms with Gasteiger partial charge in [-0.15, -0.1) is 0 Å². The van der Waals surface area contributed by atoms with Gasteiger partial charge in [0.25, 0.3) is 6.01 Å². The van der Waals surface area contributed by atoms with Gasteiger partial charge in [-0.3, -0.25) is 4.90 Å². The second-order valence-corrected chi connectivity index (χ2v) is 5.15. The van der Waals surface area contributed by atoms with Crippen molar-refractivity contribution in [1.82, 2.24) is 9.88 Å². The molecule has 1 saturated heterocycles. The minimum Gasteiger partial charge on any atom is -0.423 e. The van der Waals surface area contributed by atoms with Crippen molar-refractivity contribution in [3.63, 3.8) is 0 Å². The van der Waals surface area contributed by atoms with E-state index in [9.17, 15) is 0 Å². The molecular formula is C14H20N4O. The number of hydrogen-bond donors (Lipinski definition) is 1. The van der Waals surface area contributed by atoms with Crippen LogP contribution in [-0.2, 0) is 0 Å². The Morgan fingerprint density at radius 3 is 3.00 bits per heavy atom. The monoisotopic (exact) mass is 260 g/mol. The van der Waals surface area contributed by atoms with Gasteiger partial charge in [0.1, 0.15) is 5.52 Å². The van der Waals surface area contributed by atoms with Gasteiger partial charge in [-0.05, 0) is 25.6 Å². The van der Waals surface area contributed by atoms with E-state index >= 15 is 0 Å². The summed E-state index contributed by atoms with van der Waals surface area (Å²) in [5.41, 5.74) is 8.10. The van der Waals surface area contributed by atoms with Crippen LogP contribution in [0.3, 0.4) is 0 Å². The van der Waals surface area contributed by atoms with E-state index in [1.807, 2.05) is 18.2 Å². The largest absolute Gasteiger partial charge is 0.423 e. The van der Waals surface area contributed by atoms with Crippen LogP contribution in [0, 0.1) is 0 Å². The van der Waals surface area contributed by atoms with E-state index in [-0.39, 0.29) is 0 Å². The number of fused-ring (bicyclic) bond motifs is 1. The van der Waals surface area contributed by atoms with Crippen molar-refractivity contribution in [2.75, 3.05) is 36.8 Å². The molecule has 2 N–H and O–H groups in total. The van der Waals surface area contributed by atoms with Crippen molar-refractivity contribution in [3.05, 3.63) is 18.2 Å². The Hall–Kier alpha value is -1.75. The smallest absolute Gasteiger partial charge is 0.298 e. The average molecular weight is 260 g/mol. The van der Waals surface area contributed by atoms with Crippen LogP contribution in [0.25, 0.3) is 11.1 Å². The van der Waals surface area contributed by atoms with Crippen molar-refractivity contribution in [1.29, 1.82) is 0 Å². The minimum atomic E-state index is 0.527. The lowest BCUT2D eigenvalue weighted by molar-refractivity contribution is 0.196. The summed E-state index contributed by atoms with van der Waals surface area (Å²) in [6.45, 7) is 8.51. The molecule has 0 aliphatic carbocycles. The van der Waals surface area contributed by atoms with Gasteiger partial charge >= 0.3 is 0 Å². The zero-order valence-electron chi connectivity index (χ0n) is 11.5. The molecule has 1 fully saturated rings. The number of hydrogen-bond acceptors (Lipinski definition) is 5. The molecule has 2 heterocycles. The summed E-state index contributed by atoms with van der Waals surface area (Å²) in [5.74, 6) is 0. The molecule has 3 rings (SSSR count). The number of piperazine rings is 1. The Morgan fingerprint density at radius 1 is 1.42 bits per heavy atom. The second kappa shape index (κ2) is 4.74. The van der Waals surface area contributed by atoms with Crippen molar-refractivity contribution >= 4 is 22.8 Å². The van der Waals surface area contributed by atoms with Crippen LogP contribution in [0.15, 0.2) is 22.6 Å². The maximum Gasteiger partial charge on any atom is 0.298 e. The Labute approximate surface area is 113 Å². The molecule has 5 heteroatoms. The Kier molecular flexibility index (Phi) is 3.06. The summed E-state index contributed by atoms with van der Waals surface area (Å²) in [7, 11) is 0. The van der Waals surface area contributed by atoms with Gasteiger partial charge in [0, 0.05) is 37.4 Å². The SMILES string of the molecule is CCN1CCN(c2nc3ccc(N)cc3o2)CC1C. The van der Waals surface area contributed by atoms with Gasteiger partial charge in [-0.1, -0.05) is 6.92 Å². The molecule has 2 aromatic rings. The summed E-state index contributed by atoms with van der Waals surface area (Å²) in [4.78, 5) is 9.23. The minimum absolute atomic E-state index is 0.527. The fourth-order valence-electron chi connectivity index (χ4n) is 2.70. The van der Waals surface area contributed by atoms with Crippen LogP contribution in [-0.4, -0.2) is 42.1 Å². The van der Waals surface area contributed by atoms with E-state index in [0.29, 0.717) is 17.7 Å². The van der Waals surface area contributed by atoms with Crippen molar-refractivity contribution < 1.29 is 4.42 Å². The topological polar surface area (TPSA) is 58.5 Å². The highest BCUT2D eigenvalue weighted by Crippen LogP contribution is 2.25. The first-order valence-electron chi connectivity index (χ1n) is 6.82. The van der Waals surface area contributed by atoms with Gasteiger partial charge in [-0.25, -0.2) is 0 Å². The number of rotatable bonds is 2. The van der Waals surface area contributed by atoms with Crippen LogP contribution >= 0.6 is 0 Å². The number of aromatic nitrogens is 1. The van der Waals surface area contributed by atoms with E-state index in [2.05, 4.69) is 28.6 Å². The molecular weight excluding hydrogens is 240 g/mol. The number of likely N-dealkylation sites (N-methyl/N-ethyl adjacent to an activating group) is 1. The van der Waals surface area contributed by atoms with Crippen LogP contribution in [0.4, 0.5) is 11.7 Å². The summed E-state index contributed by atoms with van der Waals surface area (Å²) in [6.07, 6.45) is 0. The molecule has 0 bridgehead atoms. The third-order valence-electron chi connectivity index (χ3n) is 3.84. The number of oxazole rings is 1. The molecule has 0 saturated carbocycles. The molecule has 1 aromatic heterocycles. The third-order valence-corrected chi connectivity index (χ3v) is 3.84. The Morgan fingerprint density at radius 2 is 2.26 bits per heavy atom. The fraction of sp³-hybridized carbons (Fsp3) is 0.500. The van der Waals surface area contributed by atoms with Gasteiger partial charge in [0.05, 0.1) is 0 Å². The number of nitrogen functional groups attached to an aromatic ring is 1. The summed E-state index contributed by atoms with van der Waals surface area (Å²) < 4.78 is 5.82. The van der Waals surface area contributed by atoms with Crippen LogP contribution in [0.2, 0.25) is 0 Å². The number of anilines is 2. The summed E-state index contributed by atoms with van der Waals surface area (Å²) in [6, 6.07) is 6.83. The number of benzene rings is 1.